The second kappa shape index (κ2) is 4.50. The Morgan fingerprint density at radius 1 is 1.29 bits per heavy atom. The molecule has 0 atom stereocenters. The molecule has 0 saturated heterocycles. The summed E-state index contributed by atoms with van der Waals surface area (Å²) in [7, 11) is 1.92. The smallest absolute Gasteiger partial charge is 0.176 e. The number of nitriles is 2. The normalized spacial score (nSPS) is 9.82. The van der Waals surface area contributed by atoms with Gasteiger partial charge in [0.05, 0.1) is 6.33 Å². The highest BCUT2D eigenvalue weighted by Crippen LogP contribution is 2.06. The van der Waals surface area contributed by atoms with Crippen LogP contribution in [-0.4, -0.2) is 19.1 Å². The van der Waals surface area contributed by atoms with Crippen LogP contribution in [0.15, 0.2) is 18.7 Å². The van der Waals surface area contributed by atoms with E-state index >= 15 is 0 Å². The van der Waals surface area contributed by atoms with Crippen molar-refractivity contribution in [2.24, 2.45) is 7.05 Å². The zero-order valence-corrected chi connectivity index (χ0v) is 9.33. The first-order valence-corrected chi connectivity index (χ1v) is 5.07. The van der Waals surface area contributed by atoms with Crippen LogP contribution in [-0.2, 0) is 20.0 Å². The van der Waals surface area contributed by atoms with Crippen LogP contribution in [0.2, 0.25) is 0 Å². The molecule has 6 heteroatoms. The summed E-state index contributed by atoms with van der Waals surface area (Å²) in [5.41, 5.74) is 0.481. The van der Waals surface area contributed by atoms with Crippen molar-refractivity contribution in [3.8, 4) is 12.1 Å². The van der Waals surface area contributed by atoms with Crippen molar-refractivity contribution in [2.45, 2.75) is 13.0 Å². The summed E-state index contributed by atoms with van der Waals surface area (Å²) in [6, 6.07) is 3.89. The molecule has 2 rings (SSSR count). The largest absolute Gasteiger partial charge is 0.338 e. The van der Waals surface area contributed by atoms with Crippen molar-refractivity contribution >= 4 is 0 Å². The molecule has 0 aliphatic carbocycles. The van der Waals surface area contributed by atoms with E-state index in [9.17, 15) is 0 Å². The van der Waals surface area contributed by atoms with Crippen molar-refractivity contribution < 1.29 is 0 Å². The molecule has 0 aliphatic heterocycles. The Labute approximate surface area is 98.4 Å². The number of imidazole rings is 2. The summed E-state index contributed by atoms with van der Waals surface area (Å²) >= 11 is 0. The Kier molecular flexibility index (Phi) is 2.89. The summed E-state index contributed by atoms with van der Waals surface area (Å²) in [5, 5.41) is 17.7. The topological polar surface area (TPSA) is 83.2 Å². The van der Waals surface area contributed by atoms with Gasteiger partial charge in [0.15, 0.2) is 11.4 Å². The SMILES string of the molecule is Cn1ccnc1CCn1cnc(C#N)c1C#N. The quantitative estimate of drug-likeness (QED) is 0.767. The first-order valence-electron chi connectivity index (χ1n) is 5.07. The lowest BCUT2D eigenvalue weighted by Crippen LogP contribution is -2.06. The van der Waals surface area contributed by atoms with Crippen LogP contribution < -0.4 is 0 Å². The summed E-state index contributed by atoms with van der Waals surface area (Å²) in [4.78, 5) is 8.07. The van der Waals surface area contributed by atoms with Crippen LogP contribution in [0.3, 0.4) is 0 Å². The molecule has 2 aromatic rings. The van der Waals surface area contributed by atoms with E-state index in [1.165, 1.54) is 6.33 Å². The highest BCUT2D eigenvalue weighted by Gasteiger charge is 2.10. The molecule has 0 N–H and O–H groups in total. The van der Waals surface area contributed by atoms with Crippen LogP contribution in [0.5, 0.6) is 0 Å². The van der Waals surface area contributed by atoms with Gasteiger partial charge in [-0.2, -0.15) is 10.5 Å². The van der Waals surface area contributed by atoms with Crippen molar-refractivity contribution in [1.29, 1.82) is 10.5 Å². The van der Waals surface area contributed by atoms with Crippen LogP contribution in [0, 0.1) is 22.7 Å². The van der Waals surface area contributed by atoms with Crippen molar-refractivity contribution in [2.75, 3.05) is 0 Å². The number of aryl methyl sites for hydroxylation is 3. The molecule has 0 aromatic carbocycles. The highest BCUT2D eigenvalue weighted by atomic mass is 15.1. The maximum absolute atomic E-state index is 8.95. The molecule has 2 aromatic heterocycles. The second-order valence-corrected chi connectivity index (χ2v) is 3.56. The third-order valence-electron chi connectivity index (χ3n) is 2.55. The van der Waals surface area contributed by atoms with Gasteiger partial charge in [0.1, 0.15) is 18.0 Å². The van der Waals surface area contributed by atoms with Crippen molar-refractivity contribution in [1.82, 2.24) is 19.1 Å². The average Bonchev–Trinajstić information content (AvgIpc) is 2.92. The molecule has 0 fully saturated rings. The molecular formula is C11H10N6. The Hall–Kier alpha value is -2.60. The van der Waals surface area contributed by atoms with Crippen LogP contribution >= 0.6 is 0 Å². The molecule has 0 radical (unpaired) electrons. The Balaban J connectivity index is 2.16. The Bertz CT molecular complexity index is 607. The minimum atomic E-state index is 0.173. The number of hydrogen-bond donors (Lipinski definition) is 0. The van der Waals surface area contributed by atoms with E-state index in [1.807, 2.05) is 30.0 Å². The van der Waals surface area contributed by atoms with E-state index in [-0.39, 0.29) is 5.69 Å². The maximum atomic E-state index is 8.95. The Morgan fingerprint density at radius 2 is 2.12 bits per heavy atom. The third kappa shape index (κ3) is 2.01. The first kappa shape index (κ1) is 10.9. The van der Waals surface area contributed by atoms with Crippen molar-refractivity contribution in [3.05, 3.63) is 35.9 Å². The van der Waals surface area contributed by atoms with Crippen LogP contribution in [0.25, 0.3) is 0 Å². The fourth-order valence-corrected chi connectivity index (χ4v) is 1.61. The van der Waals surface area contributed by atoms with Gasteiger partial charge < -0.3 is 9.13 Å². The standard InChI is InChI=1S/C11H10N6/c1-16-5-3-14-11(16)2-4-17-8-15-9(6-12)10(17)7-13/h3,5,8H,2,4H2,1H3. The van der Waals surface area contributed by atoms with Gasteiger partial charge in [-0.25, -0.2) is 9.97 Å². The summed E-state index contributed by atoms with van der Waals surface area (Å²) in [5.74, 6) is 0.932. The van der Waals surface area contributed by atoms with E-state index in [4.69, 9.17) is 10.5 Å². The van der Waals surface area contributed by atoms with E-state index in [2.05, 4.69) is 9.97 Å². The molecule has 2 heterocycles. The lowest BCUT2D eigenvalue weighted by Gasteiger charge is -2.03. The van der Waals surface area contributed by atoms with E-state index in [1.54, 1.807) is 10.8 Å². The van der Waals surface area contributed by atoms with Gasteiger partial charge in [0, 0.05) is 32.4 Å². The van der Waals surface area contributed by atoms with E-state index < -0.39 is 0 Å². The molecule has 0 saturated carbocycles. The minimum absolute atomic E-state index is 0.173. The highest BCUT2D eigenvalue weighted by molar-refractivity contribution is 5.36. The second-order valence-electron chi connectivity index (χ2n) is 3.56. The fraction of sp³-hybridized carbons (Fsp3) is 0.273. The fourth-order valence-electron chi connectivity index (χ4n) is 1.61. The zero-order chi connectivity index (χ0) is 12.3. The van der Waals surface area contributed by atoms with Crippen LogP contribution in [0.4, 0.5) is 0 Å². The molecule has 0 unspecified atom stereocenters. The molecule has 17 heavy (non-hydrogen) atoms. The predicted octanol–water partition coefficient (Wildman–Crippen LogP) is 0.603. The lowest BCUT2D eigenvalue weighted by molar-refractivity contribution is 0.645. The molecule has 0 spiro atoms. The monoisotopic (exact) mass is 226 g/mol. The average molecular weight is 226 g/mol. The Morgan fingerprint density at radius 3 is 2.71 bits per heavy atom. The maximum Gasteiger partial charge on any atom is 0.176 e. The van der Waals surface area contributed by atoms with Gasteiger partial charge in [0.2, 0.25) is 0 Å². The molecule has 6 nitrogen and oxygen atoms in total. The third-order valence-corrected chi connectivity index (χ3v) is 2.55. The number of rotatable bonds is 3. The zero-order valence-electron chi connectivity index (χ0n) is 9.33. The number of nitrogens with zero attached hydrogens (tertiary/aromatic N) is 6. The number of hydrogen-bond acceptors (Lipinski definition) is 4. The lowest BCUT2D eigenvalue weighted by atomic mass is 10.3. The summed E-state index contributed by atoms with van der Waals surface area (Å²) in [6.45, 7) is 0.586. The summed E-state index contributed by atoms with van der Waals surface area (Å²) < 4.78 is 3.60. The molecule has 0 aliphatic rings. The van der Waals surface area contributed by atoms with Gasteiger partial charge in [-0.1, -0.05) is 0 Å². The van der Waals surface area contributed by atoms with Crippen molar-refractivity contribution in [3.63, 3.8) is 0 Å². The van der Waals surface area contributed by atoms with Gasteiger partial charge >= 0.3 is 0 Å². The van der Waals surface area contributed by atoms with Gasteiger partial charge in [-0.05, 0) is 0 Å². The van der Waals surface area contributed by atoms with Gasteiger partial charge in [-0.15, -0.1) is 0 Å². The molecule has 84 valence electrons. The van der Waals surface area contributed by atoms with E-state index in [0.29, 0.717) is 18.7 Å². The first-order chi connectivity index (χ1) is 8.26. The molecule has 0 bridgehead atoms. The summed E-state index contributed by atoms with van der Waals surface area (Å²) in [6.07, 6.45) is 5.81. The predicted molar refractivity (Wildman–Crippen MR) is 58.6 cm³/mol. The van der Waals surface area contributed by atoms with Gasteiger partial charge in [-0.3, -0.25) is 0 Å². The van der Waals surface area contributed by atoms with E-state index in [0.717, 1.165) is 5.82 Å². The van der Waals surface area contributed by atoms with Crippen LogP contribution in [0.1, 0.15) is 17.2 Å². The number of aromatic nitrogens is 4. The molecular weight excluding hydrogens is 216 g/mol. The van der Waals surface area contributed by atoms with Gasteiger partial charge in [0.25, 0.3) is 0 Å². The minimum Gasteiger partial charge on any atom is -0.338 e. The molecule has 0 amide bonds.